The molecule has 138 valence electrons. The lowest BCUT2D eigenvalue weighted by Gasteiger charge is -2.18. The average Bonchev–Trinajstić information content (AvgIpc) is 2.95. The Balaban J connectivity index is 1.79. The number of carbonyl (C=O) groups excluding carboxylic acids is 1. The summed E-state index contributed by atoms with van der Waals surface area (Å²) in [5, 5.41) is 0. The summed E-state index contributed by atoms with van der Waals surface area (Å²) in [7, 11) is 0. The van der Waals surface area contributed by atoms with Crippen LogP contribution in [0.25, 0.3) is 11.1 Å². The molecule has 0 fully saturated rings. The van der Waals surface area contributed by atoms with Crippen LogP contribution in [0.3, 0.4) is 0 Å². The van der Waals surface area contributed by atoms with Gasteiger partial charge in [0.2, 0.25) is 0 Å². The molecule has 26 heavy (non-hydrogen) atoms. The van der Waals surface area contributed by atoms with Crippen LogP contribution < -0.4 is 9.47 Å². The number of rotatable bonds is 9. The van der Waals surface area contributed by atoms with Gasteiger partial charge in [-0.15, -0.1) is 0 Å². The Morgan fingerprint density at radius 1 is 0.923 bits per heavy atom. The molecule has 0 spiro atoms. The lowest BCUT2D eigenvalue weighted by atomic mass is 10.0. The molecule has 0 aliphatic heterocycles. The minimum absolute atomic E-state index is 0.0464. The molecule has 2 aromatic rings. The van der Waals surface area contributed by atoms with Gasteiger partial charge in [-0.1, -0.05) is 26.0 Å². The van der Waals surface area contributed by atoms with E-state index in [1.807, 2.05) is 43.3 Å². The van der Waals surface area contributed by atoms with Gasteiger partial charge in [-0.25, -0.2) is 0 Å². The lowest BCUT2D eigenvalue weighted by Crippen LogP contribution is -2.25. The molecule has 2 aromatic carbocycles. The molecule has 0 heterocycles. The van der Waals surface area contributed by atoms with Gasteiger partial charge in [0.1, 0.15) is 11.5 Å². The summed E-state index contributed by atoms with van der Waals surface area (Å²) in [6, 6.07) is 11.4. The predicted octanol–water partition coefficient (Wildman–Crippen LogP) is 4.41. The van der Waals surface area contributed by atoms with E-state index in [-0.39, 0.29) is 5.78 Å². The van der Waals surface area contributed by atoms with E-state index in [4.69, 9.17) is 9.47 Å². The maximum atomic E-state index is 12.8. The molecule has 3 rings (SSSR count). The van der Waals surface area contributed by atoms with E-state index in [2.05, 4.69) is 18.7 Å². The first kappa shape index (κ1) is 18.5. The second-order valence-corrected chi connectivity index (χ2v) is 6.38. The van der Waals surface area contributed by atoms with Crippen molar-refractivity contribution in [2.45, 2.75) is 27.2 Å². The number of nitrogens with zero attached hydrogens (tertiary/aromatic N) is 1. The number of ether oxygens (including phenoxy) is 2. The molecular formula is C22H27NO3. The van der Waals surface area contributed by atoms with Crippen LogP contribution in [0, 0.1) is 0 Å². The van der Waals surface area contributed by atoms with Crippen molar-refractivity contribution >= 4 is 5.78 Å². The van der Waals surface area contributed by atoms with Crippen molar-refractivity contribution in [1.29, 1.82) is 0 Å². The smallest absolute Gasteiger partial charge is 0.194 e. The van der Waals surface area contributed by atoms with Crippen LogP contribution in [0.4, 0.5) is 0 Å². The summed E-state index contributed by atoms with van der Waals surface area (Å²) < 4.78 is 11.6. The molecular weight excluding hydrogens is 326 g/mol. The summed E-state index contributed by atoms with van der Waals surface area (Å²) in [5.74, 6) is 1.57. The van der Waals surface area contributed by atoms with Crippen molar-refractivity contribution in [2.24, 2.45) is 0 Å². The summed E-state index contributed by atoms with van der Waals surface area (Å²) in [6.45, 7) is 10.7. The number of benzene rings is 2. The molecule has 0 saturated carbocycles. The van der Waals surface area contributed by atoms with Crippen LogP contribution in [0.1, 0.15) is 43.1 Å². The fourth-order valence-electron chi connectivity index (χ4n) is 3.46. The van der Waals surface area contributed by atoms with Crippen LogP contribution in [-0.4, -0.2) is 43.5 Å². The Morgan fingerprint density at radius 3 is 2.46 bits per heavy atom. The normalized spacial score (nSPS) is 12.2. The molecule has 4 heteroatoms. The van der Waals surface area contributed by atoms with Gasteiger partial charge in [0, 0.05) is 23.2 Å². The van der Waals surface area contributed by atoms with Crippen molar-refractivity contribution in [3.8, 4) is 22.6 Å². The zero-order chi connectivity index (χ0) is 18.5. The van der Waals surface area contributed by atoms with Crippen molar-refractivity contribution < 1.29 is 14.3 Å². The van der Waals surface area contributed by atoms with Gasteiger partial charge < -0.3 is 14.4 Å². The fraction of sp³-hybridized carbons (Fsp3) is 0.409. The largest absolute Gasteiger partial charge is 0.494 e. The number of hydrogen-bond donors (Lipinski definition) is 0. The number of carbonyl (C=O) groups is 1. The van der Waals surface area contributed by atoms with E-state index in [0.717, 1.165) is 54.2 Å². The van der Waals surface area contributed by atoms with Crippen LogP contribution in [0.2, 0.25) is 0 Å². The maximum absolute atomic E-state index is 12.8. The summed E-state index contributed by atoms with van der Waals surface area (Å²) >= 11 is 0. The third kappa shape index (κ3) is 3.61. The molecule has 0 bridgehead atoms. The second kappa shape index (κ2) is 8.37. The summed E-state index contributed by atoms with van der Waals surface area (Å²) in [5.41, 5.74) is 3.27. The third-order valence-corrected chi connectivity index (χ3v) is 4.86. The van der Waals surface area contributed by atoms with Crippen LogP contribution >= 0.6 is 0 Å². The van der Waals surface area contributed by atoms with Gasteiger partial charge in [0.05, 0.1) is 13.2 Å². The molecule has 0 N–H and O–H groups in total. The van der Waals surface area contributed by atoms with Crippen molar-refractivity contribution in [3.63, 3.8) is 0 Å². The predicted molar refractivity (Wildman–Crippen MR) is 104 cm³/mol. The molecule has 0 atom stereocenters. The lowest BCUT2D eigenvalue weighted by molar-refractivity contribution is 0.104. The molecule has 0 aromatic heterocycles. The van der Waals surface area contributed by atoms with Crippen LogP contribution in [-0.2, 0) is 0 Å². The van der Waals surface area contributed by atoms with Gasteiger partial charge in [-0.05, 0) is 56.3 Å². The van der Waals surface area contributed by atoms with E-state index in [9.17, 15) is 4.79 Å². The van der Waals surface area contributed by atoms with Crippen LogP contribution in [0.5, 0.6) is 11.5 Å². The summed E-state index contributed by atoms with van der Waals surface area (Å²) in [6.07, 6.45) is 0.968. The Hall–Kier alpha value is -2.33. The first-order valence-electron chi connectivity index (χ1n) is 9.49. The number of hydrogen-bond acceptors (Lipinski definition) is 4. The van der Waals surface area contributed by atoms with Gasteiger partial charge in [-0.3, -0.25) is 4.79 Å². The molecule has 1 aliphatic rings. The summed E-state index contributed by atoms with van der Waals surface area (Å²) in [4.78, 5) is 15.2. The average molecular weight is 353 g/mol. The van der Waals surface area contributed by atoms with Gasteiger partial charge in [-0.2, -0.15) is 0 Å². The molecule has 0 saturated heterocycles. The van der Waals surface area contributed by atoms with Crippen molar-refractivity contribution in [3.05, 3.63) is 47.5 Å². The molecule has 0 unspecified atom stereocenters. The second-order valence-electron chi connectivity index (χ2n) is 6.38. The zero-order valence-corrected chi connectivity index (χ0v) is 15.9. The molecule has 1 aliphatic carbocycles. The Morgan fingerprint density at radius 2 is 1.73 bits per heavy atom. The van der Waals surface area contributed by atoms with E-state index in [1.165, 1.54) is 0 Å². The number of ketones is 1. The first-order valence-corrected chi connectivity index (χ1v) is 9.49. The SMILES string of the molecule is CCOc1ccc2c(c1)C(=O)c1cccc(OCCCN(CC)CC)c1-2. The first-order chi connectivity index (χ1) is 12.7. The molecule has 0 amide bonds. The van der Waals surface area contributed by atoms with Gasteiger partial charge >= 0.3 is 0 Å². The van der Waals surface area contributed by atoms with Crippen LogP contribution in [0.15, 0.2) is 36.4 Å². The third-order valence-electron chi connectivity index (χ3n) is 4.86. The van der Waals surface area contributed by atoms with Crippen molar-refractivity contribution in [1.82, 2.24) is 4.90 Å². The van der Waals surface area contributed by atoms with E-state index in [0.29, 0.717) is 18.8 Å². The highest BCUT2D eigenvalue weighted by Gasteiger charge is 2.29. The zero-order valence-electron chi connectivity index (χ0n) is 15.9. The Kier molecular flexibility index (Phi) is 5.94. The highest BCUT2D eigenvalue weighted by atomic mass is 16.5. The Bertz CT molecular complexity index is 781. The standard InChI is InChI=1S/C22H27NO3/c1-4-23(5-2)13-8-14-26-20-10-7-9-18-21(20)17-12-11-16(25-6-3)15-19(17)22(18)24/h7,9-12,15H,4-6,8,13-14H2,1-3H3. The topological polar surface area (TPSA) is 38.8 Å². The minimum Gasteiger partial charge on any atom is -0.494 e. The maximum Gasteiger partial charge on any atom is 0.194 e. The van der Waals surface area contributed by atoms with E-state index in [1.54, 1.807) is 0 Å². The monoisotopic (exact) mass is 353 g/mol. The van der Waals surface area contributed by atoms with Gasteiger partial charge in [0.15, 0.2) is 5.78 Å². The van der Waals surface area contributed by atoms with Crippen molar-refractivity contribution in [2.75, 3.05) is 32.8 Å². The molecule has 4 nitrogen and oxygen atoms in total. The molecule has 0 radical (unpaired) electrons. The minimum atomic E-state index is 0.0464. The van der Waals surface area contributed by atoms with E-state index >= 15 is 0 Å². The van der Waals surface area contributed by atoms with E-state index < -0.39 is 0 Å². The van der Waals surface area contributed by atoms with Gasteiger partial charge in [0.25, 0.3) is 0 Å². The quantitative estimate of drug-likeness (QED) is 0.534. The highest BCUT2D eigenvalue weighted by molar-refractivity contribution is 6.22. The number of fused-ring (bicyclic) bond motifs is 3. The fourth-order valence-corrected chi connectivity index (χ4v) is 3.46. The highest BCUT2D eigenvalue weighted by Crippen LogP contribution is 2.43. The Labute approximate surface area is 155 Å².